The molecule has 0 fully saturated rings. The molecule has 1 heterocycles. The fourth-order valence-electron chi connectivity index (χ4n) is 3.37. The Morgan fingerprint density at radius 2 is 1.54 bits per heavy atom. The van der Waals surface area contributed by atoms with Crippen molar-refractivity contribution in [2.45, 2.75) is 40.7 Å². The number of anilines is 1. The topological polar surface area (TPSA) is 59.0 Å². The van der Waals surface area contributed by atoms with Crippen molar-refractivity contribution in [2.75, 3.05) is 5.32 Å². The van der Waals surface area contributed by atoms with E-state index in [0.29, 0.717) is 0 Å². The van der Waals surface area contributed by atoms with Crippen LogP contribution in [-0.4, -0.2) is 15.8 Å². The van der Waals surface area contributed by atoms with Gasteiger partial charge in [0.25, 0.3) is 0 Å². The van der Waals surface area contributed by atoms with Crippen LogP contribution in [0, 0.1) is 19.3 Å². The Hall–Kier alpha value is -3.08. The Morgan fingerprint density at radius 3 is 2.11 bits per heavy atom. The molecule has 1 unspecified atom stereocenters. The molecule has 0 aliphatic rings. The SMILES string of the molecule is Cc1nn(-c2ccccc2)c(C)c1NC(=O)NC(c1ccccc1)C(C)(C)C. The minimum Gasteiger partial charge on any atom is -0.331 e. The first-order valence-electron chi connectivity index (χ1n) is 9.51. The van der Waals surface area contributed by atoms with Crippen LogP contribution in [0.3, 0.4) is 0 Å². The summed E-state index contributed by atoms with van der Waals surface area (Å²) in [5.41, 5.74) is 4.33. The summed E-state index contributed by atoms with van der Waals surface area (Å²) in [6.45, 7) is 10.2. The number of carbonyl (C=O) groups is 1. The quantitative estimate of drug-likeness (QED) is 0.641. The van der Waals surface area contributed by atoms with Gasteiger partial charge in [-0.1, -0.05) is 69.3 Å². The number of amides is 2. The van der Waals surface area contributed by atoms with E-state index in [4.69, 9.17) is 0 Å². The van der Waals surface area contributed by atoms with Gasteiger partial charge in [-0.25, -0.2) is 9.48 Å². The average molecular weight is 377 g/mol. The maximum atomic E-state index is 12.8. The number of urea groups is 1. The van der Waals surface area contributed by atoms with Crippen LogP contribution in [0.2, 0.25) is 0 Å². The number of aryl methyl sites for hydroxylation is 1. The van der Waals surface area contributed by atoms with Gasteiger partial charge in [0.15, 0.2) is 0 Å². The molecule has 28 heavy (non-hydrogen) atoms. The highest BCUT2D eigenvalue weighted by molar-refractivity contribution is 5.91. The molecule has 0 aliphatic heterocycles. The number of para-hydroxylation sites is 1. The minimum absolute atomic E-state index is 0.113. The Morgan fingerprint density at radius 1 is 0.964 bits per heavy atom. The molecule has 146 valence electrons. The van der Waals surface area contributed by atoms with Gasteiger partial charge >= 0.3 is 6.03 Å². The van der Waals surface area contributed by atoms with Gasteiger partial charge in [-0.15, -0.1) is 0 Å². The number of nitrogens with zero attached hydrogens (tertiary/aromatic N) is 2. The number of hydrogen-bond acceptors (Lipinski definition) is 2. The number of benzene rings is 2. The fourth-order valence-corrected chi connectivity index (χ4v) is 3.37. The molecular weight excluding hydrogens is 348 g/mol. The summed E-state index contributed by atoms with van der Waals surface area (Å²) >= 11 is 0. The number of carbonyl (C=O) groups excluding carboxylic acids is 1. The zero-order chi connectivity index (χ0) is 20.3. The number of nitrogens with one attached hydrogen (secondary N) is 2. The first-order valence-corrected chi connectivity index (χ1v) is 9.51. The van der Waals surface area contributed by atoms with E-state index in [-0.39, 0.29) is 17.5 Å². The van der Waals surface area contributed by atoms with Crippen LogP contribution < -0.4 is 10.6 Å². The normalized spacial score (nSPS) is 12.5. The van der Waals surface area contributed by atoms with Crippen molar-refractivity contribution in [3.05, 3.63) is 77.6 Å². The van der Waals surface area contributed by atoms with E-state index in [1.165, 1.54) is 0 Å². The molecule has 5 nitrogen and oxygen atoms in total. The first-order chi connectivity index (χ1) is 13.3. The summed E-state index contributed by atoms with van der Waals surface area (Å²) < 4.78 is 1.85. The predicted molar refractivity (Wildman–Crippen MR) is 114 cm³/mol. The Bertz CT molecular complexity index is 940. The van der Waals surface area contributed by atoms with Crippen molar-refractivity contribution in [3.63, 3.8) is 0 Å². The highest BCUT2D eigenvalue weighted by atomic mass is 16.2. The summed E-state index contributed by atoms with van der Waals surface area (Å²) in [5.74, 6) is 0. The molecule has 5 heteroatoms. The molecule has 0 radical (unpaired) electrons. The number of aromatic nitrogens is 2. The first kappa shape index (κ1) is 19.7. The molecule has 0 spiro atoms. The van der Waals surface area contributed by atoms with Crippen molar-refractivity contribution < 1.29 is 4.79 Å². The molecule has 3 rings (SSSR count). The van der Waals surface area contributed by atoms with E-state index < -0.39 is 0 Å². The molecule has 2 amide bonds. The second-order valence-electron chi connectivity index (χ2n) is 8.10. The van der Waals surface area contributed by atoms with Gasteiger partial charge in [-0.2, -0.15) is 5.10 Å². The van der Waals surface area contributed by atoms with E-state index in [9.17, 15) is 4.79 Å². The average Bonchev–Trinajstić information content (AvgIpc) is 2.95. The van der Waals surface area contributed by atoms with Gasteiger partial charge in [0.05, 0.1) is 28.8 Å². The van der Waals surface area contributed by atoms with Crippen molar-refractivity contribution in [1.82, 2.24) is 15.1 Å². The van der Waals surface area contributed by atoms with E-state index in [1.807, 2.05) is 79.2 Å². The van der Waals surface area contributed by atoms with Crippen molar-refractivity contribution >= 4 is 11.7 Å². The molecule has 0 bridgehead atoms. The zero-order valence-corrected chi connectivity index (χ0v) is 17.2. The van der Waals surface area contributed by atoms with Gasteiger partial charge in [0.2, 0.25) is 0 Å². The standard InChI is InChI=1S/C23H28N4O/c1-16-20(17(2)27(26-16)19-14-10-7-11-15-19)24-22(28)25-21(23(3,4)5)18-12-8-6-9-13-18/h6-15,21H,1-5H3,(H2,24,25,28). The Kier molecular flexibility index (Phi) is 5.54. The monoisotopic (exact) mass is 376 g/mol. The van der Waals surface area contributed by atoms with Crippen molar-refractivity contribution in [3.8, 4) is 5.69 Å². The van der Waals surface area contributed by atoms with Gasteiger partial charge in [0.1, 0.15) is 0 Å². The third kappa shape index (κ3) is 4.25. The maximum Gasteiger partial charge on any atom is 0.319 e. The second-order valence-corrected chi connectivity index (χ2v) is 8.10. The van der Waals surface area contributed by atoms with Gasteiger partial charge in [-0.3, -0.25) is 0 Å². The highest BCUT2D eigenvalue weighted by Gasteiger charge is 2.28. The summed E-state index contributed by atoms with van der Waals surface area (Å²) in [7, 11) is 0. The molecule has 3 aromatic rings. The largest absolute Gasteiger partial charge is 0.331 e. The Balaban J connectivity index is 1.82. The number of hydrogen-bond donors (Lipinski definition) is 2. The smallest absolute Gasteiger partial charge is 0.319 e. The van der Waals surface area contributed by atoms with E-state index >= 15 is 0 Å². The lowest BCUT2D eigenvalue weighted by Crippen LogP contribution is -2.39. The van der Waals surface area contributed by atoms with E-state index in [1.54, 1.807) is 0 Å². The third-order valence-electron chi connectivity index (χ3n) is 4.80. The van der Waals surface area contributed by atoms with Crippen LogP contribution >= 0.6 is 0 Å². The molecule has 0 saturated heterocycles. The molecule has 0 aliphatic carbocycles. The highest BCUT2D eigenvalue weighted by Crippen LogP contribution is 2.33. The van der Waals surface area contributed by atoms with Crippen LogP contribution in [0.25, 0.3) is 5.69 Å². The lowest BCUT2D eigenvalue weighted by molar-refractivity contribution is 0.229. The lowest BCUT2D eigenvalue weighted by Gasteiger charge is -2.32. The molecule has 0 saturated carbocycles. The molecule has 2 aromatic carbocycles. The Labute approximate surface area is 166 Å². The fraction of sp³-hybridized carbons (Fsp3) is 0.304. The van der Waals surface area contributed by atoms with Crippen LogP contribution in [0.15, 0.2) is 60.7 Å². The maximum absolute atomic E-state index is 12.8. The second kappa shape index (κ2) is 7.89. The zero-order valence-electron chi connectivity index (χ0n) is 17.2. The van der Waals surface area contributed by atoms with Crippen LogP contribution in [0.5, 0.6) is 0 Å². The van der Waals surface area contributed by atoms with Gasteiger partial charge in [-0.05, 0) is 37.0 Å². The molecule has 1 atom stereocenters. The van der Waals surface area contributed by atoms with Crippen LogP contribution in [0.4, 0.5) is 10.5 Å². The van der Waals surface area contributed by atoms with Crippen LogP contribution in [-0.2, 0) is 0 Å². The molecule has 1 aromatic heterocycles. The van der Waals surface area contributed by atoms with Crippen LogP contribution in [0.1, 0.15) is 43.8 Å². The van der Waals surface area contributed by atoms with E-state index in [2.05, 4.69) is 36.5 Å². The summed E-state index contributed by atoms with van der Waals surface area (Å²) in [5, 5.41) is 10.7. The molecule has 2 N–H and O–H groups in total. The van der Waals surface area contributed by atoms with Gasteiger partial charge < -0.3 is 10.6 Å². The number of rotatable bonds is 4. The summed E-state index contributed by atoms with van der Waals surface area (Å²) in [6.07, 6.45) is 0. The lowest BCUT2D eigenvalue weighted by atomic mass is 9.82. The third-order valence-corrected chi connectivity index (χ3v) is 4.80. The van der Waals surface area contributed by atoms with Crippen molar-refractivity contribution in [1.29, 1.82) is 0 Å². The minimum atomic E-state index is -0.234. The molecular formula is C23H28N4O. The van der Waals surface area contributed by atoms with E-state index in [0.717, 1.165) is 28.3 Å². The van der Waals surface area contributed by atoms with Gasteiger partial charge in [0, 0.05) is 0 Å². The predicted octanol–water partition coefficient (Wildman–Crippen LogP) is 5.40. The summed E-state index contributed by atoms with van der Waals surface area (Å²) in [6, 6.07) is 19.6. The summed E-state index contributed by atoms with van der Waals surface area (Å²) in [4.78, 5) is 12.8. The van der Waals surface area contributed by atoms with Crippen molar-refractivity contribution in [2.24, 2.45) is 5.41 Å².